The molecule has 106 valence electrons. The molecule has 5 heteroatoms. The number of Topliss-reactive ketones (excluding diaryl/α,β-unsaturated/α-hetero) is 1. The van der Waals surface area contributed by atoms with E-state index in [4.69, 9.17) is 0 Å². The van der Waals surface area contributed by atoms with Gasteiger partial charge in [0.25, 0.3) is 0 Å². The summed E-state index contributed by atoms with van der Waals surface area (Å²) in [4.78, 5) is 39.1. The molecule has 2 amide bonds. The van der Waals surface area contributed by atoms with Gasteiger partial charge in [0.2, 0.25) is 11.8 Å². The molecule has 0 spiro atoms. The summed E-state index contributed by atoms with van der Waals surface area (Å²) in [5, 5.41) is 0. The molecule has 0 aromatic heterocycles. The van der Waals surface area contributed by atoms with Gasteiger partial charge in [-0.1, -0.05) is 6.92 Å². The Kier molecular flexibility index (Phi) is 4.56. The van der Waals surface area contributed by atoms with Crippen LogP contribution in [0.4, 0.5) is 0 Å². The van der Waals surface area contributed by atoms with Crippen LogP contribution in [0, 0.1) is 0 Å². The van der Waals surface area contributed by atoms with Gasteiger partial charge in [-0.05, 0) is 19.3 Å². The Balaban J connectivity index is 2.03. The summed E-state index contributed by atoms with van der Waals surface area (Å²) in [7, 11) is 0. The van der Waals surface area contributed by atoms with E-state index in [9.17, 15) is 14.4 Å². The van der Waals surface area contributed by atoms with Crippen LogP contribution < -0.4 is 0 Å². The van der Waals surface area contributed by atoms with Gasteiger partial charge in [-0.25, -0.2) is 0 Å². The lowest BCUT2D eigenvalue weighted by Crippen LogP contribution is -2.54. The summed E-state index contributed by atoms with van der Waals surface area (Å²) in [5.41, 5.74) is 0. The molecule has 2 fully saturated rings. The first-order chi connectivity index (χ1) is 9.13. The van der Waals surface area contributed by atoms with E-state index in [0.29, 0.717) is 38.9 Å². The Bertz CT molecular complexity index is 371. The van der Waals surface area contributed by atoms with E-state index < -0.39 is 0 Å². The number of piperidine rings is 2. The van der Waals surface area contributed by atoms with Crippen molar-refractivity contribution >= 4 is 17.6 Å². The predicted octanol–water partition coefficient (Wildman–Crippen LogP) is 0.969. The Labute approximate surface area is 113 Å². The number of ketones is 1. The zero-order valence-electron chi connectivity index (χ0n) is 11.6. The standard InChI is InChI=1S/C14H22N2O3/c1-2-13(18)16-8-4-3-5-12(16)14(19)15-9-6-11(17)7-10-15/h12H,2-10H2,1H3. The molecule has 0 N–H and O–H groups in total. The molecule has 0 aromatic carbocycles. The van der Waals surface area contributed by atoms with Crippen LogP contribution in [0.5, 0.6) is 0 Å². The second kappa shape index (κ2) is 6.17. The highest BCUT2D eigenvalue weighted by atomic mass is 16.2. The van der Waals surface area contributed by atoms with Gasteiger partial charge in [-0.15, -0.1) is 0 Å². The van der Waals surface area contributed by atoms with Crippen molar-refractivity contribution in [3.63, 3.8) is 0 Å². The van der Waals surface area contributed by atoms with E-state index >= 15 is 0 Å². The van der Waals surface area contributed by atoms with Gasteiger partial charge in [0.1, 0.15) is 11.8 Å². The fraction of sp³-hybridized carbons (Fsp3) is 0.786. The third kappa shape index (κ3) is 3.14. The van der Waals surface area contributed by atoms with Crippen LogP contribution in [0.25, 0.3) is 0 Å². The van der Waals surface area contributed by atoms with Crippen molar-refractivity contribution in [2.75, 3.05) is 19.6 Å². The maximum atomic E-state index is 12.5. The SMILES string of the molecule is CCC(=O)N1CCCCC1C(=O)N1CCC(=O)CC1. The maximum absolute atomic E-state index is 12.5. The zero-order chi connectivity index (χ0) is 13.8. The molecule has 1 unspecified atom stereocenters. The molecule has 1 atom stereocenters. The molecule has 2 rings (SSSR count). The smallest absolute Gasteiger partial charge is 0.245 e. The molecule has 2 aliphatic heterocycles. The average Bonchev–Trinajstić information content (AvgIpc) is 2.46. The van der Waals surface area contributed by atoms with E-state index in [-0.39, 0.29) is 23.6 Å². The first-order valence-electron chi connectivity index (χ1n) is 7.23. The lowest BCUT2D eigenvalue weighted by atomic mass is 9.99. The van der Waals surface area contributed by atoms with Crippen molar-refractivity contribution in [3.05, 3.63) is 0 Å². The molecule has 0 aliphatic carbocycles. The van der Waals surface area contributed by atoms with Gasteiger partial charge in [-0.2, -0.15) is 0 Å². The summed E-state index contributed by atoms with van der Waals surface area (Å²) in [6.45, 7) is 3.55. The first kappa shape index (κ1) is 14.0. The second-order valence-electron chi connectivity index (χ2n) is 5.32. The predicted molar refractivity (Wildman–Crippen MR) is 70.5 cm³/mol. The van der Waals surface area contributed by atoms with E-state index in [1.165, 1.54) is 0 Å². The molecule has 0 bridgehead atoms. The van der Waals surface area contributed by atoms with Crippen molar-refractivity contribution in [1.29, 1.82) is 0 Å². The van der Waals surface area contributed by atoms with Crippen molar-refractivity contribution in [2.24, 2.45) is 0 Å². The lowest BCUT2D eigenvalue weighted by Gasteiger charge is -2.38. The third-order valence-electron chi connectivity index (χ3n) is 4.04. The van der Waals surface area contributed by atoms with Crippen LogP contribution >= 0.6 is 0 Å². The van der Waals surface area contributed by atoms with Crippen LogP contribution in [-0.2, 0) is 14.4 Å². The molecule has 0 aromatic rings. The van der Waals surface area contributed by atoms with Crippen LogP contribution in [0.1, 0.15) is 45.4 Å². The summed E-state index contributed by atoms with van der Waals surface area (Å²) in [5.74, 6) is 0.328. The summed E-state index contributed by atoms with van der Waals surface area (Å²) in [6, 6.07) is -0.297. The lowest BCUT2D eigenvalue weighted by molar-refractivity contribution is -0.148. The number of nitrogens with zero attached hydrogens (tertiary/aromatic N) is 2. The van der Waals surface area contributed by atoms with Gasteiger partial charge in [0.05, 0.1) is 0 Å². The Hall–Kier alpha value is -1.39. The number of likely N-dealkylation sites (tertiary alicyclic amines) is 2. The number of amides is 2. The minimum Gasteiger partial charge on any atom is -0.340 e. The van der Waals surface area contributed by atoms with Gasteiger partial charge < -0.3 is 9.80 Å². The Morgan fingerprint density at radius 2 is 1.84 bits per heavy atom. The molecule has 5 nitrogen and oxygen atoms in total. The van der Waals surface area contributed by atoms with Gasteiger partial charge in [0.15, 0.2) is 0 Å². The third-order valence-corrected chi connectivity index (χ3v) is 4.04. The average molecular weight is 266 g/mol. The highest BCUT2D eigenvalue weighted by Crippen LogP contribution is 2.21. The molecular weight excluding hydrogens is 244 g/mol. The normalized spacial score (nSPS) is 24.5. The van der Waals surface area contributed by atoms with Crippen LogP contribution in [0.15, 0.2) is 0 Å². The van der Waals surface area contributed by atoms with E-state index in [1.807, 2.05) is 6.92 Å². The molecule has 0 radical (unpaired) electrons. The van der Waals surface area contributed by atoms with Crippen LogP contribution in [-0.4, -0.2) is 53.1 Å². The molecule has 0 saturated carbocycles. The molecule has 2 heterocycles. The van der Waals surface area contributed by atoms with Crippen LogP contribution in [0.2, 0.25) is 0 Å². The summed E-state index contributed by atoms with van der Waals surface area (Å²) < 4.78 is 0. The Morgan fingerprint density at radius 1 is 1.16 bits per heavy atom. The molecule has 19 heavy (non-hydrogen) atoms. The number of rotatable bonds is 2. The van der Waals surface area contributed by atoms with E-state index in [1.54, 1.807) is 9.80 Å². The maximum Gasteiger partial charge on any atom is 0.245 e. The zero-order valence-corrected chi connectivity index (χ0v) is 11.6. The number of carbonyl (C=O) groups is 3. The largest absolute Gasteiger partial charge is 0.340 e. The van der Waals surface area contributed by atoms with Crippen molar-refractivity contribution < 1.29 is 14.4 Å². The quantitative estimate of drug-likeness (QED) is 0.748. The van der Waals surface area contributed by atoms with E-state index in [0.717, 1.165) is 19.3 Å². The van der Waals surface area contributed by atoms with E-state index in [2.05, 4.69) is 0 Å². The van der Waals surface area contributed by atoms with Gasteiger partial charge >= 0.3 is 0 Å². The molecular formula is C14H22N2O3. The summed E-state index contributed by atoms with van der Waals surface area (Å²) in [6.07, 6.45) is 4.10. The van der Waals surface area contributed by atoms with Crippen molar-refractivity contribution in [1.82, 2.24) is 9.80 Å². The fourth-order valence-corrected chi connectivity index (χ4v) is 2.88. The topological polar surface area (TPSA) is 57.7 Å². The summed E-state index contributed by atoms with van der Waals surface area (Å²) >= 11 is 0. The fourth-order valence-electron chi connectivity index (χ4n) is 2.88. The van der Waals surface area contributed by atoms with Crippen molar-refractivity contribution in [2.45, 2.75) is 51.5 Å². The molecule has 2 saturated heterocycles. The second-order valence-corrected chi connectivity index (χ2v) is 5.32. The highest BCUT2D eigenvalue weighted by molar-refractivity contribution is 5.89. The monoisotopic (exact) mass is 266 g/mol. The molecule has 2 aliphatic rings. The Morgan fingerprint density at radius 3 is 2.47 bits per heavy atom. The minimum absolute atomic E-state index is 0.0361. The van der Waals surface area contributed by atoms with Gasteiger partial charge in [0, 0.05) is 38.9 Å². The first-order valence-corrected chi connectivity index (χ1v) is 7.23. The van der Waals surface area contributed by atoms with Gasteiger partial charge in [-0.3, -0.25) is 14.4 Å². The number of hydrogen-bond donors (Lipinski definition) is 0. The number of carbonyl (C=O) groups excluding carboxylic acids is 3. The highest BCUT2D eigenvalue weighted by Gasteiger charge is 2.35. The van der Waals surface area contributed by atoms with Crippen LogP contribution in [0.3, 0.4) is 0 Å². The number of hydrogen-bond acceptors (Lipinski definition) is 3. The minimum atomic E-state index is -0.297. The van der Waals surface area contributed by atoms with Crippen molar-refractivity contribution in [3.8, 4) is 0 Å².